The number of halogens is 2. The number of Topliss-reactive ketones (excluding diaryl/α,β-unsaturated/α-hetero) is 1. The normalized spacial score (nSPS) is 10.4. The van der Waals surface area contributed by atoms with Gasteiger partial charge >= 0.3 is 0 Å². The number of benzene rings is 3. The van der Waals surface area contributed by atoms with Crippen LogP contribution in [0.5, 0.6) is 5.75 Å². The first-order valence-electron chi connectivity index (χ1n) is 7.85. The predicted molar refractivity (Wildman–Crippen MR) is 105 cm³/mol. The highest BCUT2D eigenvalue weighted by molar-refractivity contribution is 9.10. The molecule has 0 bridgehead atoms. The zero-order valence-corrected chi connectivity index (χ0v) is 16.0. The molecule has 0 aliphatic heterocycles. The second kappa shape index (κ2) is 8.30. The second-order valence-electron chi connectivity index (χ2n) is 5.58. The van der Waals surface area contributed by atoms with Crippen molar-refractivity contribution in [3.63, 3.8) is 0 Å². The summed E-state index contributed by atoms with van der Waals surface area (Å²) in [5, 5.41) is 0.584. The van der Waals surface area contributed by atoms with E-state index in [0.29, 0.717) is 27.5 Å². The van der Waals surface area contributed by atoms with Crippen molar-refractivity contribution in [1.29, 1.82) is 0 Å². The van der Waals surface area contributed by atoms with Crippen LogP contribution in [0.4, 0.5) is 0 Å². The zero-order valence-electron chi connectivity index (χ0n) is 13.6. The molecule has 0 saturated heterocycles. The van der Waals surface area contributed by atoms with Crippen molar-refractivity contribution in [3.8, 4) is 5.75 Å². The molecule has 0 N–H and O–H groups in total. The fourth-order valence-corrected chi connectivity index (χ4v) is 2.73. The van der Waals surface area contributed by atoms with Gasteiger partial charge in [-0.15, -0.1) is 0 Å². The number of carbonyl (C=O) groups is 2. The molecule has 0 radical (unpaired) electrons. The van der Waals surface area contributed by atoms with Crippen LogP contribution in [0.3, 0.4) is 0 Å². The second-order valence-corrected chi connectivity index (χ2v) is 6.93. The van der Waals surface area contributed by atoms with Gasteiger partial charge < -0.3 is 4.74 Å². The van der Waals surface area contributed by atoms with Crippen LogP contribution in [0.25, 0.3) is 0 Å². The summed E-state index contributed by atoms with van der Waals surface area (Å²) in [6, 6.07) is 20.5. The first-order valence-corrected chi connectivity index (χ1v) is 9.02. The van der Waals surface area contributed by atoms with Gasteiger partial charge in [0.1, 0.15) is 5.75 Å². The van der Waals surface area contributed by atoms with Crippen molar-refractivity contribution in [1.82, 2.24) is 0 Å². The molecule has 3 rings (SSSR count). The Kier molecular flexibility index (Phi) is 5.86. The van der Waals surface area contributed by atoms with E-state index >= 15 is 0 Å². The molecule has 0 unspecified atom stereocenters. The van der Waals surface area contributed by atoms with E-state index < -0.39 is 0 Å². The standard InChI is InChI=1S/C21H14BrClO3/c22-17-7-1-14(2-8-17)20(24)13-26-19-11-5-16(6-12-19)21(25)15-3-9-18(23)10-4-15/h1-12H,13H2. The zero-order chi connectivity index (χ0) is 18.5. The van der Waals surface area contributed by atoms with E-state index in [-0.39, 0.29) is 18.2 Å². The van der Waals surface area contributed by atoms with E-state index in [9.17, 15) is 9.59 Å². The maximum absolute atomic E-state index is 12.4. The summed E-state index contributed by atoms with van der Waals surface area (Å²) in [5.74, 6) is 0.320. The fourth-order valence-electron chi connectivity index (χ4n) is 2.34. The summed E-state index contributed by atoms with van der Waals surface area (Å²) in [6.45, 7) is -0.0634. The van der Waals surface area contributed by atoms with Crippen molar-refractivity contribution >= 4 is 39.1 Å². The topological polar surface area (TPSA) is 43.4 Å². The third kappa shape index (κ3) is 4.59. The summed E-state index contributed by atoms with van der Waals surface area (Å²) >= 11 is 9.17. The lowest BCUT2D eigenvalue weighted by Gasteiger charge is -2.07. The quantitative estimate of drug-likeness (QED) is 0.479. The van der Waals surface area contributed by atoms with Crippen molar-refractivity contribution < 1.29 is 14.3 Å². The molecule has 0 spiro atoms. The Balaban J connectivity index is 1.62. The van der Waals surface area contributed by atoms with Crippen LogP contribution in [0, 0.1) is 0 Å². The van der Waals surface area contributed by atoms with Gasteiger partial charge in [-0.1, -0.05) is 39.7 Å². The van der Waals surface area contributed by atoms with Crippen LogP contribution < -0.4 is 4.74 Å². The Hall–Kier alpha value is -2.43. The van der Waals surface area contributed by atoms with Gasteiger partial charge in [0, 0.05) is 26.2 Å². The molecule has 0 heterocycles. The van der Waals surface area contributed by atoms with Gasteiger partial charge in [0.2, 0.25) is 0 Å². The van der Waals surface area contributed by atoms with Gasteiger partial charge in [-0.3, -0.25) is 9.59 Å². The largest absolute Gasteiger partial charge is 0.485 e. The molecule has 0 aliphatic rings. The maximum atomic E-state index is 12.4. The van der Waals surface area contributed by atoms with Crippen LogP contribution in [0.1, 0.15) is 26.3 Å². The van der Waals surface area contributed by atoms with E-state index in [2.05, 4.69) is 15.9 Å². The molecule has 0 aliphatic carbocycles. The van der Waals surface area contributed by atoms with Crippen LogP contribution in [0.2, 0.25) is 5.02 Å². The van der Waals surface area contributed by atoms with Crippen LogP contribution in [-0.4, -0.2) is 18.2 Å². The fraction of sp³-hybridized carbons (Fsp3) is 0.0476. The number of carbonyl (C=O) groups excluding carboxylic acids is 2. The highest BCUT2D eigenvalue weighted by atomic mass is 79.9. The van der Waals surface area contributed by atoms with E-state index in [1.807, 2.05) is 12.1 Å². The van der Waals surface area contributed by atoms with Gasteiger partial charge in [0.15, 0.2) is 18.2 Å². The molecule has 0 fully saturated rings. The summed E-state index contributed by atoms with van der Waals surface area (Å²) in [6.07, 6.45) is 0. The third-order valence-electron chi connectivity index (χ3n) is 3.76. The van der Waals surface area contributed by atoms with Crippen molar-refractivity contribution in [2.75, 3.05) is 6.61 Å². The van der Waals surface area contributed by atoms with Crippen molar-refractivity contribution in [2.24, 2.45) is 0 Å². The van der Waals surface area contributed by atoms with Gasteiger partial charge in [-0.2, -0.15) is 0 Å². The molecule has 26 heavy (non-hydrogen) atoms. The smallest absolute Gasteiger partial charge is 0.200 e. The number of rotatable bonds is 6. The summed E-state index contributed by atoms with van der Waals surface area (Å²) < 4.78 is 6.43. The minimum atomic E-state index is -0.112. The third-order valence-corrected chi connectivity index (χ3v) is 4.54. The van der Waals surface area contributed by atoms with E-state index in [1.54, 1.807) is 60.7 Å². The molecule has 3 nitrogen and oxygen atoms in total. The SMILES string of the molecule is O=C(COc1ccc(C(=O)c2ccc(Cl)cc2)cc1)c1ccc(Br)cc1. The number of hydrogen-bond donors (Lipinski definition) is 0. The van der Waals surface area contributed by atoms with Crippen LogP contribution in [-0.2, 0) is 0 Å². The predicted octanol–water partition coefficient (Wildman–Crippen LogP) is 5.60. The number of hydrogen-bond acceptors (Lipinski definition) is 3. The first kappa shape index (κ1) is 18.4. The van der Waals surface area contributed by atoms with Crippen LogP contribution in [0.15, 0.2) is 77.3 Å². The Morgan fingerprint density at radius 1 is 0.769 bits per heavy atom. The Bertz CT molecular complexity index is 917. The van der Waals surface area contributed by atoms with Crippen molar-refractivity contribution in [3.05, 3.63) is 99.0 Å². The molecule has 3 aromatic rings. The lowest BCUT2D eigenvalue weighted by atomic mass is 10.0. The summed E-state index contributed by atoms with van der Waals surface area (Å²) in [4.78, 5) is 24.5. The molecule has 130 valence electrons. The van der Waals surface area contributed by atoms with E-state index in [1.165, 1.54) is 0 Å². The van der Waals surface area contributed by atoms with Crippen molar-refractivity contribution in [2.45, 2.75) is 0 Å². The maximum Gasteiger partial charge on any atom is 0.200 e. The molecular weight excluding hydrogens is 416 g/mol. The molecule has 3 aromatic carbocycles. The van der Waals surface area contributed by atoms with E-state index in [0.717, 1.165) is 4.47 Å². The summed E-state index contributed by atoms with van der Waals surface area (Å²) in [7, 11) is 0. The van der Waals surface area contributed by atoms with E-state index in [4.69, 9.17) is 16.3 Å². The van der Waals surface area contributed by atoms with Gasteiger partial charge in [0.25, 0.3) is 0 Å². The monoisotopic (exact) mass is 428 g/mol. The Labute approximate surface area is 164 Å². The highest BCUT2D eigenvalue weighted by Crippen LogP contribution is 2.18. The average Bonchev–Trinajstić information content (AvgIpc) is 2.67. The summed E-state index contributed by atoms with van der Waals surface area (Å²) in [5.41, 5.74) is 1.69. The molecule has 5 heteroatoms. The minimum absolute atomic E-state index is 0.0634. The molecule has 0 amide bonds. The molecule has 0 saturated carbocycles. The highest BCUT2D eigenvalue weighted by Gasteiger charge is 2.10. The Morgan fingerprint density at radius 2 is 1.27 bits per heavy atom. The molecule has 0 aromatic heterocycles. The number of ketones is 2. The Morgan fingerprint density at radius 3 is 1.85 bits per heavy atom. The molecular formula is C21H14BrClO3. The number of ether oxygens (including phenoxy) is 1. The van der Waals surface area contributed by atoms with Gasteiger partial charge in [-0.25, -0.2) is 0 Å². The average molecular weight is 430 g/mol. The minimum Gasteiger partial charge on any atom is -0.485 e. The first-order chi connectivity index (χ1) is 12.5. The molecule has 0 atom stereocenters. The van der Waals surface area contributed by atoms with Crippen LogP contribution >= 0.6 is 27.5 Å². The lowest BCUT2D eigenvalue weighted by molar-refractivity contribution is 0.0920. The van der Waals surface area contributed by atoms with Gasteiger partial charge in [-0.05, 0) is 60.7 Å². The van der Waals surface area contributed by atoms with Gasteiger partial charge in [0.05, 0.1) is 0 Å². The lowest BCUT2D eigenvalue weighted by Crippen LogP contribution is -2.11.